The third kappa shape index (κ3) is 4.52. The van der Waals surface area contributed by atoms with Crippen LogP contribution in [0.25, 0.3) is 0 Å². The van der Waals surface area contributed by atoms with Gasteiger partial charge in [-0.2, -0.15) is 0 Å². The summed E-state index contributed by atoms with van der Waals surface area (Å²) in [4.78, 5) is 44.5. The van der Waals surface area contributed by atoms with Gasteiger partial charge in [0.05, 0.1) is 10.8 Å². The first-order chi connectivity index (χ1) is 14.5. The average molecular weight is 446 g/mol. The predicted octanol–water partition coefficient (Wildman–Crippen LogP) is 3.24. The SMILES string of the molecule is O=C(c1ccc(Cl)cc1)N1CCC[C@@H](C(=O)N2CCN(C(=O)c3cccs3)CC2)C1. The van der Waals surface area contributed by atoms with Gasteiger partial charge in [0.1, 0.15) is 0 Å². The maximum absolute atomic E-state index is 13.1. The molecule has 0 N–H and O–H groups in total. The normalized spacial score (nSPS) is 19.6. The number of carbonyl (C=O) groups excluding carboxylic acids is 3. The molecule has 2 fully saturated rings. The number of carbonyl (C=O) groups is 3. The molecule has 0 bridgehead atoms. The molecule has 2 saturated heterocycles. The van der Waals surface area contributed by atoms with Crippen LogP contribution in [-0.4, -0.2) is 71.7 Å². The van der Waals surface area contributed by atoms with Gasteiger partial charge in [-0.25, -0.2) is 0 Å². The minimum atomic E-state index is -0.186. The summed E-state index contributed by atoms with van der Waals surface area (Å²) in [5.74, 6) is -0.119. The molecule has 0 radical (unpaired) electrons. The monoisotopic (exact) mass is 445 g/mol. The second-order valence-electron chi connectivity index (χ2n) is 7.69. The molecule has 1 atom stereocenters. The van der Waals surface area contributed by atoms with Crippen molar-refractivity contribution in [2.45, 2.75) is 12.8 Å². The molecule has 1 aromatic carbocycles. The lowest BCUT2D eigenvalue weighted by molar-refractivity contribution is -0.138. The van der Waals surface area contributed by atoms with Crippen molar-refractivity contribution in [3.63, 3.8) is 0 Å². The van der Waals surface area contributed by atoms with Crippen LogP contribution in [0.3, 0.4) is 0 Å². The lowest BCUT2D eigenvalue weighted by atomic mass is 9.95. The maximum Gasteiger partial charge on any atom is 0.264 e. The number of nitrogens with zero attached hydrogens (tertiary/aromatic N) is 3. The van der Waals surface area contributed by atoms with Crippen LogP contribution >= 0.6 is 22.9 Å². The third-order valence-electron chi connectivity index (χ3n) is 5.76. The Labute approximate surface area is 185 Å². The number of thiophene rings is 1. The fourth-order valence-electron chi connectivity index (χ4n) is 4.08. The summed E-state index contributed by atoms with van der Waals surface area (Å²) in [5.41, 5.74) is 0.591. The van der Waals surface area contributed by atoms with Gasteiger partial charge in [0.2, 0.25) is 5.91 Å². The van der Waals surface area contributed by atoms with E-state index in [4.69, 9.17) is 11.6 Å². The summed E-state index contributed by atoms with van der Waals surface area (Å²) in [6.07, 6.45) is 1.60. The van der Waals surface area contributed by atoms with Crippen molar-refractivity contribution >= 4 is 40.7 Å². The van der Waals surface area contributed by atoms with E-state index in [1.54, 1.807) is 29.2 Å². The fraction of sp³-hybridized carbons (Fsp3) is 0.409. The molecule has 1 aromatic heterocycles. The topological polar surface area (TPSA) is 60.9 Å². The minimum Gasteiger partial charge on any atom is -0.339 e. The fourth-order valence-corrected chi connectivity index (χ4v) is 4.90. The number of benzene rings is 1. The molecule has 8 heteroatoms. The Morgan fingerprint density at radius 3 is 2.23 bits per heavy atom. The predicted molar refractivity (Wildman–Crippen MR) is 117 cm³/mol. The molecule has 0 aliphatic carbocycles. The summed E-state index contributed by atoms with van der Waals surface area (Å²) in [5, 5.41) is 2.49. The Bertz CT molecular complexity index is 908. The Morgan fingerprint density at radius 2 is 1.57 bits per heavy atom. The van der Waals surface area contributed by atoms with Crippen LogP contribution in [0.15, 0.2) is 41.8 Å². The molecule has 2 aliphatic rings. The molecule has 4 rings (SSSR count). The van der Waals surface area contributed by atoms with Gasteiger partial charge in [-0.3, -0.25) is 14.4 Å². The number of halogens is 1. The number of hydrogen-bond acceptors (Lipinski definition) is 4. The highest BCUT2D eigenvalue weighted by Crippen LogP contribution is 2.22. The summed E-state index contributed by atoms with van der Waals surface area (Å²) in [6, 6.07) is 10.6. The van der Waals surface area contributed by atoms with Gasteiger partial charge < -0.3 is 14.7 Å². The van der Waals surface area contributed by atoms with Crippen molar-refractivity contribution in [2.24, 2.45) is 5.92 Å². The van der Waals surface area contributed by atoms with E-state index in [2.05, 4.69) is 0 Å². The number of hydrogen-bond donors (Lipinski definition) is 0. The van der Waals surface area contributed by atoms with E-state index >= 15 is 0 Å². The zero-order valence-corrected chi connectivity index (χ0v) is 18.2. The maximum atomic E-state index is 13.1. The molecule has 30 heavy (non-hydrogen) atoms. The Balaban J connectivity index is 1.33. The highest BCUT2D eigenvalue weighted by Gasteiger charge is 2.33. The molecule has 2 aliphatic heterocycles. The van der Waals surface area contributed by atoms with Crippen LogP contribution in [0.1, 0.15) is 32.9 Å². The number of piperidine rings is 1. The molecule has 3 amide bonds. The van der Waals surface area contributed by atoms with Gasteiger partial charge in [0.25, 0.3) is 11.8 Å². The highest BCUT2D eigenvalue weighted by atomic mass is 35.5. The second kappa shape index (κ2) is 9.18. The Hall–Kier alpha value is -2.38. The first kappa shape index (κ1) is 20.9. The van der Waals surface area contributed by atoms with Gasteiger partial charge in [0.15, 0.2) is 0 Å². The molecule has 0 unspecified atom stereocenters. The molecule has 2 aromatic rings. The van der Waals surface area contributed by atoms with E-state index in [1.807, 2.05) is 27.3 Å². The zero-order valence-electron chi connectivity index (χ0n) is 16.6. The zero-order chi connectivity index (χ0) is 21.1. The van der Waals surface area contributed by atoms with Gasteiger partial charge in [-0.1, -0.05) is 17.7 Å². The van der Waals surface area contributed by atoms with E-state index < -0.39 is 0 Å². The van der Waals surface area contributed by atoms with Gasteiger partial charge in [-0.05, 0) is 48.6 Å². The van der Waals surface area contributed by atoms with E-state index in [0.717, 1.165) is 17.7 Å². The van der Waals surface area contributed by atoms with Crippen molar-refractivity contribution < 1.29 is 14.4 Å². The van der Waals surface area contributed by atoms with Crippen molar-refractivity contribution in [3.8, 4) is 0 Å². The Kier molecular flexibility index (Phi) is 6.39. The second-order valence-corrected chi connectivity index (χ2v) is 9.08. The van der Waals surface area contributed by atoms with Crippen LogP contribution in [-0.2, 0) is 4.79 Å². The number of amides is 3. The summed E-state index contributed by atoms with van der Waals surface area (Å²) in [7, 11) is 0. The number of piperazine rings is 1. The van der Waals surface area contributed by atoms with E-state index in [0.29, 0.717) is 49.9 Å². The molecule has 0 spiro atoms. The molecular weight excluding hydrogens is 422 g/mol. The van der Waals surface area contributed by atoms with Crippen molar-refractivity contribution in [1.82, 2.24) is 14.7 Å². The summed E-state index contributed by atoms with van der Waals surface area (Å²) >= 11 is 7.35. The van der Waals surface area contributed by atoms with Crippen LogP contribution in [0.5, 0.6) is 0 Å². The lowest BCUT2D eigenvalue weighted by Gasteiger charge is -2.39. The van der Waals surface area contributed by atoms with Crippen molar-refractivity contribution in [3.05, 3.63) is 57.2 Å². The Morgan fingerprint density at radius 1 is 0.867 bits per heavy atom. The van der Waals surface area contributed by atoms with Crippen LogP contribution in [0, 0.1) is 5.92 Å². The molecule has 3 heterocycles. The lowest BCUT2D eigenvalue weighted by Crippen LogP contribution is -2.54. The van der Waals surface area contributed by atoms with E-state index in [9.17, 15) is 14.4 Å². The van der Waals surface area contributed by atoms with E-state index in [-0.39, 0.29) is 23.6 Å². The van der Waals surface area contributed by atoms with Crippen molar-refractivity contribution in [1.29, 1.82) is 0 Å². The highest BCUT2D eigenvalue weighted by molar-refractivity contribution is 7.12. The van der Waals surface area contributed by atoms with Crippen molar-refractivity contribution in [2.75, 3.05) is 39.3 Å². The molecule has 6 nitrogen and oxygen atoms in total. The number of rotatable bonds is 3. The van der Waals surface area contributed by atoms with Gasteiger partial charge >= 0.3 is 0 Å². The first-order valence-electron chi connectivity index (χ1n) is 10.2. The molecule has 0 saturated carbocycles. The smallest absolute Gasteiger partial charge is 0.264 e. The first-order valence-corrected chi connectivity index (χ1v) is 11.4. The number of likely N-dealkylation sites (tertiary alicyclic amines) is 1. The quantitative estimate of drug-likeness (QED) is 0.728. The summed E-state index contributed by atoms with van der Waals surface area (Å²) < 4.78 is 0. The largest absolute Gasteiger partial charge is 0.339 e. The van der Waals surface area contributed by atoms with E-state index in [1.165, 1.54) is 11.3 Å². The van der Waals surface area contributed by atoms with Crippen LogP contribution in [0.2, 0.25) is 5.02 Å². The average Bonchev–Trinajstić information content (AvgIpc) is 3.33. The third-order valence-corrected chi connectivity index (χ3v) is 6.87. The van der Waals surface area contributed by atoms with Gasteiger partial charge in [-0.15, -0.1) is 11.3 Å². The standard InChI is InChI=1S/C22H24ClN3O3S/c23-18-7-5-16(6-8-18)20(27)26-9-1-3-17(15-26)21(28)24-10-12-25(13-11-24)22(29)19-4-2-14-30-19/h2,4-8,14,17H,1,3,9-13,15H2/t17-/m1/s1. The van der Waals surface area contributed by atoms with Crippen LogP contribution < -0.4 is 0 Å². The summed E-state index contributed by atoms with van der Waals surface area (Å²) in [6.45, 7) is 3.27. The molecule has 158 valence electrons. The minimum absolute atomic E-state index is 0.0366. The van der Waals surface area contributed by atoms with Crippen LogP contribution in [0.4, 0.5) is 0 Å². The van der Waals surface area contributed by atoms with Gasteiger partial charge in [0, 0.05) is 49.9 Å². The molecular formula is C22H24ClN3O3S.